The highest BCUT2D eigenvalue weighted by molar-refractivity contribution is 7.15. The van der Waals surface area contributed by atoms with Crippen molar-refractivity contribution in [2.75, 3.05) is 0 Å². The highest BCUT2D eigenvalue weighted by atomic mass is 35.5. The van der Waals surface area contributed by atoms with E-state index in [2.05, 4.69) is 4.98 Å². The molecule has 168 valence electrons. The minimum absolute atomic E-state index is 0.0773. The van der Waals surface area contributed by atoms with Crippen LogP contribution in [0.3, 0.4) is 0 Å². The smallest absolute Gasteiger partial charge is 0.422 e. The molecule has 0 bridgehead atoms. The van der Waals surface area contributed by atoms with Gasteiger partial charge in [-0.1, -0.05) is 35.9 Å². The summed E-state index contributed by atoms with van der Waals surface area (Å²) in [6.45, 7) is 1.71. The van der Waals surface area contributed by atoms with Crippen molar-refractivity contribution >= 4 is 45.9 Å². The minimum Gasteiger partial charge on any atom is -0.481 e. The quantitative estimate of drug-likeness (QED) is 0.440. The zero-order valence-electron chi connectivity index (χ0n) is 17.1. The van der Waals surface area contributed by atoms with Crippen LogP contribution in [0, 0.1) is 0 Å². The molecule has 2 N–H and O–H groups in total. The molecule has 4 rings (SSSR count). The average molecular weight is 486 g/mol. The molecule has 2 aromatic carbocycles. The van der Waals surface area contributed by atoms with Gasteiger partial charge in [-0.05, 0) is 30.7 Å². The Morgan fingerprint density at radius 2 is 1.82 bits per heavy atom. The normalized spacial score (nSPS) is 12.1. The summed E-state index contributed by atoms with van der Waals surface area (Å²) in [5.74, 6) is -2.55. The molecule has 11 heteroatoms. The van der Waals surface area contributed by atoms with Gasteiger partial charge in [0.25, 0.3) is 5.56 Å². The van der Waals surface area contributed by atoms with E-state index in [-0.39, 0.29) is 27.6 Å². The van der Waals surface area contributed by atoms with Crippen molar-refractivity contribution in [2.45, 2.75) is 19.4 Å². The van der Waals surface area contributed by atoms with Gasteiger partial charge in [-0.15, -0.1) is 11.3 Å². The zero-order valence-corrected chi connectivity index (χ0v) is 18.6. The van der Waals surface area contributed by atoms with Crippen LogP contribution in [0.25, 0.3) is 21.5 Å². The standard InChI is InChI=1S/C22H16ClN3O6S/c1-2-25-14-5-3-4-13(16(14)19(27)26(21(25)30)22(31)32)17(20(28)29)15-10-24-18(33-15)11-6-8-12(23)9-7-11/h3-10,17H,2H2,1H3,(H,28,29)(H,31,32). The lowest BCUT2D eigenvalue weighted by molar-refractivity contribution is -0.137. The summed E-state index contributed by atoms with van der Waals surface area (Å²) < 4.78 is 1.22. The van der Waals surface area contributed by atoms with Crippen molar-refractivity contribution < 1.29 is 19.8 Å². The molecule has 0 aliphatic rings. The topological polar surface area (TPSA) is 131 Å². The first-order chi connectivity index (χ1) is 15.7. The van der Waals surface area contributed by atoms with Gasteiger partial charge in [-0.3, -0.25) is 14.2 Å². The van der Waals surface area contributed by atoms with Crippen molar-refractivity contribution in [3.05, 3.63) is 85.0 Å². The molecule has 0 spiro atoms. The van der Waals surface area contributed by atoms with Gasteiger partial charge in [0.15, 0.2) is 0 Å². The number of fused-ring (bicyclic) bond motifs is 1. The lowest BCUT2D eigenvalue weighted by atomic mass is 9.94. The lowest BCUT2D eigenvalue weighted by Gasteiger charge is -2.16. The predicted octanol–water partition coefficient (Wildman–Crippen LogP) is 3.70. The molecular weight excluding hydrogens is 470 g/mol. The maximum atomic E-state index is 13.0. The number of carbonyl (C=O) groups is 2. The summed E-state index contributed by atoms with van der Waals surface area (Å²) in [5, 5.41) is 20.5. The van der Waals surface area contributed by atoms with Gasteiger partial charge in [0.2, 0.25) is 0 Å². The molecular formula is C22H16ClN3O6S. The van der Waals surface area contributed by atoms with Crippen LogP contribution in [0.2, 0.25) is 5.02 Å². The summed E-state index contributed by atoms with van der Waals surface area (Å²) >= 11 is 7.06. The van der Waals surface area contributed by atoms with Crippen LogP contribution in [-0.4, -0.2) is 36.4 Å². The van der Waals surface area contributed by atoms with E-state index in [1.165, 1.54) is 24.4 Å². The number of carboxylic acids is 1. The Balaban J connectivity index is 1.98. The fourth-order valence-corrected chi connectivity index (χ4v) is 4.87. The number of aliphatic carboxylic acids is 1. The molecule has 4 aromatic rings. The van der Waals surface area contributed by atoms with E-state index in [0.29, 0.717) is 14.9 Å². The van der Waals surface area contributed by atoms with Gasteiger partial charge < -0.3 is 10.2 Å². The van der Waals surface area contributed by atoms with Gasteiger partial charge in [0.1, 0.15) is 10.9 Å². The van der Waals surface area contributed by atoms with Crippen LogP contribution in [0.5, 0.6) is 0 Å². The Labute approximate surface area is 194 Å². The van der Waals surface area contributed by atoms with E-state index in [0.717, 1.165) is 21.5 Å². The number of carboxylic acid groups (broad SMARTS) is 2. The maximum absolute atomic E-state index is 13.0. The highest BCUT2D eigenvalue weighted by Crippen LogP contribution is 2.36. The first-order valence-corrected chi connectivity index (χ1v) is 10.9. The molecule has 2 heterocycles. The number of thiazole rings is 1. The molecule has 9 nitrogen and oxygen atoms in total. The first-order valence-electron chi connectivity index (χ1n) is 9.70. The molecule has 0 saturated carbocycles. The number of aromatic nitrogens is 3. The summed E-state index contributed by atoms with van der Waals surface area (Å²) in [6.07, 6.45) is -0.323. The second kappa shape index (κ2) is 8.64. The number of rotatable bonds is 5. The van der Waals surface area contributed by atoms with Crippen LogP contribution >= 0.6 is 22.9 Å². The third kappa shape index (κ3) is 3.83. The van der Waals surface area contributed by atoms with Crippen molar-refractivity contribution in [3.63, 3.8) is 0 Å². The van der Waals surface area contributed by atoms with E-state index in [1.807, 2.05) is 0 Å². The summed E-state index contributed by atoms with van der Waals surface area (Å²) in [5.41, 5.74) is -1.11. The van der Waals surface area contributed by atoms with E-state index in [4.69, 9.17) is 11.6 Å². The van der Waals surface area contributed by atoms with Crippen LogP contribution in [-0.2, 0) is 11.3 Å². The number of benzene rings is 2. The van der Waals surface area contributed by atoms with Gasteiger partial charge in [-0.2, -0.15) is 4.57 Å². The fraction of sp³-hybridized carbons (Fsp3) is 0.136. The Hall–Kier alpha value is -3.76. The average Bonchev–Trinajstić information content (AvgIpc) is 3.23. The van der Waals surface area contributed by atoms with Crippen LogP contribution < -0.4 is 11.2 Å². The van der Waals surface area contributed by atoms with Gasteiger partial charge in [0, 0.05) is 28.2 Å². The zero-order chi connectivity index (χ0) is 23.9. The molecule has 33 heavy (non-hydrogen) atoms. The van der Waals surface area contributed by atoms with E-state index in [1.54, 1.807) is 31.2 Å². The Morgan fingerprint density at radius 3 is 2.42 bits per heavy atom. The molecule has 0 radical (unpaired) electrons. The summed E-state index contributed by atoms with van der Waals surface area (Å²) in [6, 6.07) is 11.4. The second-order valence-corrected chi connectivity index (χ2v) is 8.54. The Bertz CT molecular complexity index is 1520. The first kappa shape index (κ1) is 22.4. The number of hydrogen-bond donors (Lipinski definition) is 2. The third-order valence-electron chi connectivity index (χ3n) is 5.17. The summed E-state index contributed by atoms with van der Waals surface area (Å²) in [4.78, 5) is 54.3. The van der Waals surface area contributed by atoms with E-state index < -0.39 is 29.2 Å². The molecule has 1 unspecified atom stereocenters. The van der Waals surface area contributed by atoms with Crippen molar-refractivity contribution in [3.8, 4) is 10.6 Å². The molecule has 0 aliphatic heterocycles. The van der Waals surface area contributed by atoms with Crippen LogP contribution in [0.4, 0.5) is 4.79 Å². The van der Waals surface area contributed by atoms with Gasteiger partial charge in [0.05, 0.1) is 10.9 Å². The number of aryl methyl sites for hydroxylation is 1. The van der Waals surface area contributed by atoms with E-state index >= 15 is 0 Å². The molecule has 0 saturated heterocycles. The minimum atomic E-state index is -1.74. The molecule has 1 atom stereocenters. The maximum Gasteiger partial charge on any atom is 0.422 e. The third-order valence-corrected chi connectivity index (χ3v) is 6.53. The van der Waals surface area contributed by atoms with Crippen LogP contribution in [0.1, 0.15) is 23.3 Å². The van der Waals surface area contributed by atoms with Gasteiger partial charge >= 0.3 is 17.8 Å². The number of halogens is 1. The number of hydrogen-bond acceptors (Lipinski definition) is 6. The molecule has 2 aromatic heterocycles. The Morgan fingerprint density at radius 1 is 1.12 bits per heavy atom. The van der Waals surface area contributed by atoms with Gasteiger partial charge in [-0.25, -0.2) is 14.6 Å². The molecule has 0 fully saturated rings. The van der Waals surface area contributed by atoms with Crippen molar-refractivity contribution in [1.29, 1.82) is 0 Å². The molecule has 0 amide bonds. The van der Waals surface area contributed by atoms with Crippen molar-refractivity contribution in [1.82, 2.24) is 14.1 Å². The predicted molar refractivity (Wildman–Crippen MR) is 124 cm³/mol. The molecule has 0 aliphatic carbocycles. The monoisotopic (exact) mass is 485 g/mol. The van der Waals surface area contributed by atoms with Crippen molar-refractivity contribution in [2.24, 2.45) is 0 Å². The van der Waals surface area contributed by atoms with E-state index in [9.17, 15) is 29.4 Å². The summed E-state index contributed by atoms with van der Waals surface area (Å²) in [7, 11) is 0. The Kier molecular flexibility index (Phi) is 5.88. The SMILES string of the molecule is CCn1c(=O)n(C(=O)O)c(=O)c2c(C(C(=O)O)c3cnc(-c4ccc(Cl)cc4)s3)cccc21. The highest BCUT2D eigenvalue weighted by Gasteiger charge is 2.29. The van der Waals surface area contributed by atoms with Crippen LogP contribution in [0.15, 0.2) is 58.3 Å². The largest absolute Gasteiger partial charge is 0.481 e. The number of nitrogens with zero attached hydrogens (tertiary/aromatic N) is 3. The second-order valence-electron chi connectivity index (χ2n) is 7.04. The lowest BCUT2D eigenvalue weighted by Crippen LogP contribution is -2.43. The fourth-order valence-electron chi connectivity index (χ4n) is 3.71.